The highest BCUT2D eigenvalue weighted by atomic mass is 35.5. The van der Waals surface area contributed by atoms with Gasteiger partial charge in [0.25, 0.3) is 5.56 Å². The first kappa shape index (κ1) is 16.5. The van der Waals surface area contributed by atoms with Crippen molar-refractivity contribution in [1.29, 1.82) is 0 Å². The smallest absolute Gasteiger partial charge is 0.261 e. The Kier molecular flexibility index (Phi) is 5.15. The van der Waals surface area contributed by atoms with Gasteiger partial charge in [-0.3, -0.25) is 14.2 Å². The van der Waals surface area contributed by atoms with Crippen LogP contribution in [0, 0.1) is 5.92 Å². The topological polar surface area (TPSA) is 81.2 Å². The van der Waals surface area contributed by atoms with Crippen molar-refractivity contribution < 1.29 is 4.79 Å². The number of carbonyl (C=O) groups excluding carboxylic acids is 1. The highest BCUT2D eigenvalue weighted by Gasteiger charge is 2.25. The van der Waals surface area contributed by atoms with E-state index in [1.165, 1.54) is 10.9 Å². The number of fused-ring (bicyclic) bond motifs is 1. The van der Waals surface area contributed by atoms with Crippen LogP contribution in [0.2, 0.25) is 0 Å². The minimum atomic E-state index is -0.177. The van der Waals surface area contributed by atoms with E-state index in [1.807, 2.05) is 6.07 Å². The minimum absolute atomic E-state index is 0. The molecule has 1 aliphatic heterocycles. The number of aromatic nitrogens is 2. The van der Waals surface area contributed by atoms with Gasteiger partial charge in [-0.1, -0.05) is 12.1 Å². The Hall–Kier alpha value is -1.92. The first-order valence-electron chi connectivity index (χ1n) is 7.11. The largest absolute Gasteiger partial charge is 0.341 e. The van der Waals surface area contributed by atoms with Gasteiger partial charge in [-0.2, -0.15) is 0 Å². The molecule has 3 rings (SSSR count). The average molecular weight is 323 g/mol. The monoisotopic (exact) mass is 322 g/mol. The zero-order valence-electron chi connectivity index (χ0n) is 12.1. The number of para-hydroxylation sites is 1. The number of benzene rings is 1. The SMILES string of the molecule is Cl.NCC1CCN(C(=O)Cn2cnc3ccccc3c2=O)C1. The van der Waals surface area contributed by atoms with Crippen LogP contribution in [-0.4, -0.2) is 40.0 Å². The van der Waals surface area contributed by atoms with Crippen LogP contribution >= 0.6 is 12.4 Å². The van der Waals surface area contributed by atoms with Crippen molar-refractivity contribution >= 4 is 29.2 Å². The van der Waals surface area contributed by atoms with E-state index in [-0.39, 0.29) is 30.4 Å². The van der Waals surface area contributed by atoms with Gasteiger partial charge in [0.1, 0.15) is 6.54 Å². The van der Waals surface area contributed by atoms with Crippen LogP contribution in [0.3, 0.4) is 0 Å². The fourth-order valence-corrected chi connectivity index (χ4v) is 2.72. The molecule has 2 heterocycles. The summed E-state index contributed by atoms with van der Waals surface area (Å²) in [5.41, 5.74) is 6.10. The predicted octanol–water partition coefficient (Wildman–Crippen LogP) is 0.625. The number of carbonyl (C=O) groups is 1. The first-order valence-corrected chi connectivity index (χ1v) is 7.11. The van der Waals surface area contributed by atoms with Crippen molar-refractivity contribution in [3.63, 3.8) is 0 Å². The lowest BCUT2D eigenvalue weighted by Crippen LogP contribution is -2.35. The van der Waals surface area contributed by atoms with Gasteiger partial charge >= 0.3 is 0 Å². The van der Waals surface area contributed by atoms with E-state index in [4.69, 9.17) is 5.73 Å². The summed E-state index contributed by atoms with van der Waals surface area (Å²) in [5.74, 6) is 0.325. The molecule has 2 N–H and O–H groups in total. The number of amides is 1. The Morgan fingerprint density at radius 2 is 2.14 bits per heavy atom. The molecule has 1 fully saturated rings. The van der Waals surface area contributed by atoms with Crippen molar-refractivity contribution in [2.75, 3.05) is 19.6 Å². The summed E-state index contributed by atoms with van der Waals surface area (Å²) in [7, 11) is 0. The van der Waals surface area contributed by atoms with E-state index in [1.54, 1.807) is 23.1 Å². The number of nitrogens with two attached hydrogens (primary N) is 1. The molecule has 0 aliphatic carbocycles. The molecule has 7 heteroatoms. The summed E-state index contributed by atoms with van der Waals surface area (Å²) in [5, 5.41) is 0.536. The second-order valence-corrected chi connectivity index (χ2v) is 5.42. The highest BCUT2D eigenvalue weighted by molar-refractivity contribution is 5.85. The lowest BCUT2D eigenvalue weighted by molar-refractivity contribution is -0.130. The van der Waals surface area contributed by atoms with E-state index in [2.05, 4.69) is 4.98 Å². The predicted molar refractivity (Wildman–Crippen MR) is 87.0 cm³/mol. The second kappa shape index (κ2) is 6.89. The van der Waals surface area contributed by atoms with Gasteiger partial charge in [0.15, 0.2) is 0 Å². The van der Waals surface area contributed by atoms with Gasteiger partial charge < -0.3 is 10.6 Å². The number of halogens is 1. The lowest BCUT2D eigenvalue weighted by Gasteiger charge is -2.17. The molecule has 0 spiro atoms. The number of hydrogen-bond donors (Lipinski definition) is 1. The molecular formula is C15H19ClN4O2. The summed E-state index contributed by atoms with van der Waals surface area (Å²) in [6, 6.07) is 7.15. The van der Waals surface area contributed by atoms with Gasteiger partial charge in [0.05, 0.1) is 17.2 Å². The van der Waals surface area contributed by atoms with E-state index in [9.17, 15) is 9.59 Å². The van der Waals surface area contributed by atoms with Crippen LogP contribution in [0.4, 0.5) is 0 Å². The first-order chi connectivity index (χ1) is 10.2. The Morgan fingerprint density at radius 1 is 1.36 bits per heavy atom. The van der Waals surface area contributed by atoms with Crippen LogP contribution in [0.5, 0.6) is 0 Å². The third-order valence-electron chi connectivity index (χ3n) is 4.01. The molecule has 1 atom stereocenters. The van der Waals surface area contributed by atoms with Crippen molar-refractivity contribution in [1.82, 2.24) is 14.5 Å². The minimum Gasteiger partial charge on any atom is -0.341 e. The summed E-state index contributed by atoms with van der Waals surface area (Å²) >= 11 is 0. The molecule has 1 amide bonds. The van der Waals surface area contributed by atoms with Crippen LogP contribution in [-0.2, 0) is 11.3 Å². The molecule has 0 saturated carbocycles. The van der Waals surface area contributed by atoms with Crippen LogP contribution in [0.25, 0.3) is 10.9 Å². The second-order valence-electron chi connectivity index (χ2n) is 5.42. The summed E-state index contributed by atoms with van der Waals surface area (Å²) in [6.07, 6.45) is 2.38. The molecule has 1 aliphatic rings. The highest BCUT2D eigenvalue weighted by Crippen LogP contribution is 2.15. The standard InChI is InChI=1S/C15H18N4O2.ClH/c16-7-11-5-6-18(8-11)14(20)9-19-10-17-13-4-2-1-3-12(13)15(19)21;/h1-4,10-11H,5-9,16H2;1H. The summed E-state index contributed by atoms with van der Waals surface area (Å²) in [6.45, 7) is 2.04. The van der Waals surface area contributed by atoms with Gasteiger partial charge in [-0.25, -0.2) is 4.98 Å². The lowest BCUT2D eigenvalue weighted by atomic mass is 10.1. The number of likely N-dealkylation sites (tertiary alicyclic amines) is 1. The van der Waals surface area contributed by atoms with Crippen LogP contribution in [0.1, 0.15) is 6.42 Å². The number of rotatable bonds is 3. The molecule has 1 aromatic heterocycles. The summed E-state index contributed by atoms with van der Waals surface area (Å²) < 4.78 is 1.38. The van der Waals surface area contributed by atoms with E-state index in [0.29, 0.717) is 29.9 Å². The van der Waals surface area contributed by atoms with Crippen LogP contribution < -0.4 is 11.3 Å². The van der Waals surface area contributed by atoms with Crippen molar-refractivity contribution in [3.05, 3.63) is 40.9 Å². The molecular weight excluding hydrogens is 304 g/mol. The van der Waals surface area contributed by atoms with Crippen molar-refractivity contribution in [2.24, 2.45) is 11.7 Å². The molecule has 1 unspecified atom stereocenters. The molecule has 2 aromatic rings. The average Bonchev–Trinajstić information content (AvgIpc) is 2.99. The molecule has 1 saturated heterocycles. The third kappa shape index (κ3) is 3.13. The van der Waals surface area contributed by atoms with Crippen molar-refractivity contribution in [3.8, 4) is 0 Å². The fraction of sp³-hybridized carbons (Fsp3) is 0.400. The molecule has 0 radical (unpaired) electrons. The zero-order chi connectivity index (χ0) is 14.8. The zero-order valence-corrected chi connectivity index (χ0v) is 13.0. The molecule has 0 bridgehead atoms. The Labute approximate surface area is 134 Å². The molecule has 22 heavy (non-hydrogen) atoms. The fourth-order valence-electron chi connectivity index (χ4n) is 2.72. The van der Waals surface area contributed by atoms with Gasteiger partial charge in [-0.15, -0.1) is 12.4 Å². The number of nitrogens with zero attached hydrogens (tertiary/aromatic N) is 3. The maximum absolute atomic E-state index is 12.3. The third-order valence-corrected chi connectivity index (χ3v) is 4.01. The number of hydrogen-bond acceptors (Lipinski definition) is 4. The Bertz CT molecular complexity index is 731. The van der Waals surface area contributed by atoms with Crippen molar-refractivity contribution in [2.45, 2.75) is 13.0 Å². The molecule has 118 valence electrons. The normalized spacial score (nSPS) is 17.5. The molecule has 1 aromatic carbocycles. The molecule has 6 nitrogen and oxygen atoms in total. The van der Waals surface area contributed by atoms with E-state index < -0.39 is 0 Å². The van der Waals surface area contributed by atoms with Gasteiger partial charge in [-0.05, 0) is 31.0 Å². The van der Waals surface area contributed by atoms with E-state index >= 15 is 0 Å². The van der Waals surface area contributed by atoms with Gasteiger partial charge in [0.2, 0.25) is 5.91 Å². The Morgan fingerprint density at radius 3 is 2.86 bits per heavy atom. The Balaban J connectivity index is 0.00000176. The summed E-state index contributed by atoms with van der Waals surface area (Å²) in [4.78, 5) is 30.6. The maximum atomic E-state index is 12.3. The van der Waals surface area contributed by atoms with E-state index in [0.717, 1.165) is 13.0 Å². The van der Waals surface area contributed by atoms with Gasteiger partial charge in [0, 0.05) is 13.1 Å². The maximum Gasteiger partial charge on any atom is 0.261 e. The van der Waals surface area contributed by atoms with Crippen LogP contribution in [0.15, 0.2) is 35.4 Å². The quantitative estimate of drug-likeness (QED) is 0.898.